The number of ether oxygens (including phenoxy) is 1. The maximum atomic E-state index is 5.57. The Morgan fingerprint density at radius 3 is 2.57 bits per heavy atom. The van der Waals surface area contributed by atoms with Gasteiger partial charge in [0.2, 0.25) is 0 Å². The lowest BCUT2D eigenvalue weighted by Gasteiger charge is -2.02. The third-order valence-electron chi connectivity index (χ3n) is 1.67. The molecule has 1 aromatic heterocycles. The van der Waals surface area contributed by atoms with Crippen LogP contribution in [-0.4, -0.2) is 10.2 Å². The second kappa shape index (κ2) is 3.71. The Morgan fingerprint density at radius 1 is 1.29 bits per heavy atom. The molecule has 0 atom stereocenters. The van der Waals surface area contributed by atoms with Crippen LogP contribution in [0.5, 0.6) is 11.5 Å². The van der Waals surface area contributed by atoms with Crippen LogP contribution in [0.4, 0.5) is 5.82 Å². The predicted octanol–water partition coefficient (Wildman–Crippen LogP) is 2.55. The van der Waals surface area contributed by atoms with E-state index in [4.69, 9.17) is 10.5 Å². The van der Waals surface area contributed by atoms with Gasteiger partial charge in [-0.25, -0.2) is 0 Å². The zero-order chi connectivity index (χ0) is 9.97. The maximum Gasteiger partial charge on any atom is 0.188 e. The lowest BCUT2D eigenvalue weighted by molar-refractivity contribution is 0.485. The van der Waals surface area contributed by atoms with Crippen LogP contribution in [0.1, 0.15) is 0 Å². The van der Waals surface area contributed by atoms with Crippen molar-refractivity contribution in [3.63, 3.8) is 0 Å². The molecular weight excluding hydrogens is 246 g/mol. The van der Waals surface area contributed by atoms with E-state index in [1.807, 2.05) is 24.3 Å². The van der Waals surface area contributed by atoms with Gasteiger partial charge < -0.3 is 10.5 Å². The van der Waals surface area contributed by atoms with Crippen molar-refractivity contribution in [1.29, 1.82) is 0 Å². The molecule has 14 heavy (non-hydrogen) atoms. The molecule has 0 aliphatic carbocycles. The van der Waals surface area contributed by atoms with Crippen molar-refractivity contribution >= 4 is 21.7 Å². The van der Waals surface area contributed by atoms with Gasteiger partial charge in [-0.3, -0.25) is 5.10 Å². The number of benzene rings is 1. The van der Waals surface area contributed by atoms with E-state index in [9.17, 15) is 0 Å². The van der Waals surface area contributed by atoms with Gasteiger partial charge >= 0.3 is 0 Å². The van der Waals surface area contributed by atoms with Gasteiger partial charge in [-0.05, 0) is 24.3 Å². The molecule has 2 rings (SSSR count). The molecule has 0 saturated heterocycles. The number of hydrogen-bond donors (Lipinski definition) is 2. The van der Waals surface area contributed by atoms with E-state index in [0.717, 1.165) is 10.2 Å². The molecule has 5 heteroatoms. The third-order valence-corrected chi connectivity index (χ3v) is 2.20. The Morgan fingerprint density at radius 2 is 2.00 bits per heavy atom. The number of aromatic nitrogens is 2. The van der Waals surface area contributed by atoms with Gasteiger partial charge in [-0.2, -0.15) is 5.10 Å². The molecule has 0 unspecified atom stereocenters. The van der Waals surface area contributed by atoms with E-state index < -0.39 is 0 Å². The zero-order valence-electron chi connectivity index (χ0n) is 7.20. The summed E-state index contributed by atoms with van der Waals surface area (Å²) in [6.07, 6.45) is 1.54. The maximum absolute atomic E-state index is 5.57. The summed E-state index contributed by atoms with van der Waals surface area (Å²) >= 11 is 3.34. The first-order valence-electron chi connectivity index (χ1n) is 3.98. The highest BCUT2D eigenvalue weighted by molar-refractivity contribution is 9.10. The number of nitrogens with zero attached hydrogens (tertiary/aromatic N) is 1. The molecule has 0 aliphatic heterocycles. The largest absolute Gasteiger partial charge is 0.452 e. The summed E-state index contributed by atoms with van der Waals surface area (Å²) in [4.78, 5) is 0. The van der Waals surface area contributed by atoms with Gasteiger partial charge in [-0.1, -0.05) is 15.9 Å². The summed E-state index contributed by atoms with van der Waals surface area (Å²) in [7, 11) is 0. The van der Waals surface area contributed by atoms with Crippen LogP contribution in [-0.2, 0) is 0 Å². The normalized spacial score (nSPS) is 10.1. The molecule has 0 saturated carbocycles. The standard InChI is InChI=1S/C9H8BrN3O/c10-6-1-3-7(4-2-6)14-8-5-12-13-9(8)11/h1-5H,(H3,11,12,13). The second-order valence-electron chi connectivity index (χ2n) is 2.70. The summed E-state index contributed by atoms with van der Waals surface area (Å²) in [6.45, 7) is 0. The van der Waals surface area contributed by atoms with Crippen LogP contribution in [0.3, 0.4) is 0 Å². The second-order valence-corrected chi connectivity index (χ2v) is 3.62. The average molecular weight is 254 g/mol. The number of aromatic amines is 1. The number of rotatable bonds is 2. The molecule has 1 heterocycles. The number of hydrogen-bond acceptors (Lipinski definition) is 3. The predicted molar refractivity (Wildman–Crippen MR) is 57.2 cm³/mol. The van der Waals surface area contributed by atoms with Gasteiger partial charge in [0.15, 0.2) is 11.6 Å². The van der Waals surface area contributed by atoms with Gasteiger partial charge in [0, 0.05) is 4.47 Å². The molecule has 4 nitrogen and oxygen atoms in total. The van der Waals surface area contributed by atoms with Crippen LogP contribution in [0, 0.1) is 0 Å². The van der Waals surface area contributed by atoms with E-state index in [1.165, 1.54) is 6.20 Å². The van der Waals surface area contributed by atoms with E-state index in [-0.39, 0.29) is 0 Å². The minimum Gasteiger partial charge on any atom is -0.452 e. The quantitative estimate of drug-likeness (QED) is 0.865. The van der Waals surface area contributed by atoms with Crippen LogP contribution in [0.25, 0.3) is 0 Å². The van der Waals surface area contributed by atoms with Crippen molar-refractivity contribution in [3.8, 4) is 11.5 Å². The van der Waals surface area contributed by atoms with Crippen molar-refractivity contribution in [1.82, 2.24) is 10.2 Å². The first-order chi connectivity index (χ1) is 6.75. The van der Waals surface area contributed by atoms with E-state index in [2.05, 4.69) is 26.1 Å². The highest BCUT2D eigenvalue weighted by Crippen LogP contribution is 2.25. The summed E-state index contributed by atoms with van der Waals surface area (Å²) in [5, 5.41) is 6.34. The first-order valence-corrected chi connectivity index (χ1v) is 4.77. The SMILES string of the molecule is Nc1[nH]ncc1Oc1ccc(Br)cc1. The molecule has 72 valence electrons. The number of nitrogens with one attached hydrogen (secondary N) is 1. The Labute approximate surface area is 89.2 Å². The third kappa shape index (κ3) is 1.88. The fourth-order valence-corrected chi connectivity index (χ4v) is 1.26. The van der Waals surface area contributed by atoms with Crippen molar-refractivity contribution in [2.45, 2.75) is 0 Å². The van der Waals surface area contributed by atoms with Crippen molar-refractivity contribution in [2.75, 3.05) is 5.73 Å². The minimum absolute atomic E-state index is 0.424. The fourth-order valence-electron chi connectivity index (χ4n) is 0.996. The molecule has 1 aromatic carbocycles. The van der Waals surface area contributed by atoms with E-state index >= 15 is 0 Å². The van der Waals surface area contributed by atoms with Gasteiger partial charge in [-0.15, -0.1) is 0 Å². The lowest BCUT2D eigenvalue weighted by Crippen LogP contribution is -1.89. The molecule has 0 spiro atoms. The monoisotopic (exact) mass is 253 g/mol. The molecule has 2 aromatic rings. The fraction of sp³-hybridized carbons (Fsp3) is 0. The highest BCUT2D eigenvalue weighted by atomic mass is 79.9. The van der Waals surface area contributed by atoms with Crippen LogP contribution >= 0.6 is 15.9 Å². The molecule has 0 bridgehead atoms. The summed E-state index contributed by atoms with van der Waals surface area (Å²) < 4.78 is 6.47. The lowest BCUT2D eigenvalue weighted by atomic mass is 10.3. The van der Waals surface area contributed by atoms with Crippen LogP contribution in [0.2, 0.25) is 0 Å². The van der Waals surface area contributed by atoms with Crippen molar-refractivity contribution in [2.24, 2.45) is 0 Å². The summed E-state index contributed by atoms with van der Waals surface area (Å²) in [5.74, 6) is 1.68. The Hall–Kier alpha value is -1.49. The van der Waals surface area contributed by atoms with Gasteiger partial charge in [0.05, 0.1) is 6.20 Å². The topological polar surface area (TPSA) is 63.9 Å². The summed E-state index contributed by atoms with van der Waals surface area (Å²) in [5.41, 5.74) is 5.57. The van der Waals surface area contributed by atoms with Crippen LogP contribution < -0.4 is 10.5 Å². The van der Waals surface area contributed by atoms with Gasteiger partial charge in [0.25, 0.3) is 0 Å². The summed E-state index contributed by atoms with van der Waals surface area (Å²) in [6, 6.07) is 7.48. The Balaban J connectivity index is 2.19. The molecule has 0 aliphatic rings. The Kier molecular flexibility index (Phi) is 2.41. The average Bonchev–Trinajstić information content (AvgIpc) is 2.56. The minimum atomic E-state index is 0.424. The number of H-pyrrole nitrogens is 1. The molecular formula is C9H8BrN3O. The number of nitrogen functional groups attached to an aromatic ring is 1. The molecule has 0 radical (unpaired) electrons. The molecule has 3 N–H and O–H groups in total. The number of halogens is 1. The first kappa shape index (κ1) is 9.08. The molecule has 0 fully saturated rings. The zero-order valence-corrected chi connectivity index (χ0v) is 8.78. The smallest absolute Gasteiger partial charge is 0.188 e. The van der Waals surface area contributed by atoms with E-state index in [0.29, 0.717) is 11.6 Å². The number of nitrogens with two attached hydrogens (primary N) is 1. The highest BCUT2D eigenvalue weighted by Gasteiger charge is 2.02. The van der Waals surface area contributed by atoms with E-state index in [1.54, 1.807) is 0 Å². The number of anilines is 1. The van der Waals surface area contributed by atoms with Crippen molar-refractivity contribution in [3.05, 3.63) is 34.9 Å². The van der Waals surface area contributed by atoms with Crippen molar-refractivity contribution < 1.29 is 4.74 Å². The van der Waals surface area contributed by atoms with Crippen LogP contribution in [0.15, 0.2) is 34.9 Å². The Bertz CT molecular complexity index is 424. The van der Waals surface area contributed by atoms with Gasteiger partial charge in [0.1, 0.15) is 5.75 Å². The molecule has 0 amide bonds.